The average molecular weight is 1500 g/mol. The topological polar surface area (TPSA) is 224 Å². The zero-order valence-electron chi connectivity index (χ0n) is 65.5. The van der Waals surface area contributed by atoms with E-state index in [1.165, 1.54) is 306 Å². The molecule has 0 saturated heterocycles. The molecule has 0 N–H and O–H groups in total. The molecule has 1 heterocycles. The van der Waals surface area contributed by atoms with Gasteiger partial charge in [-0.15, -0.1) is 0 Å². The number of nitrogens with zero attached hydrogens (tertiary/aromatic N) is 3. The highest BCUT2D eigenvalue weighted by Gasteiger charge is 2.29. The Labute approximate surface area is 631 Å². The van der Waals surface area contributed by atoms with Crippen molar-refractivity contribution in [3.63, 3.8) is 0 Å². The fraction of sp³-hybridized carbons (Fsp3) is 0.889. The first-order chi connectivity index (χ1) is 49.7. The van der Waals surface area contributed by atoms with Gasteiger partial charge in [-0.05, 0) is 40.0 Å². The second-order valence-electron chi connectivity index (χ2n) is 28.1. The van der Waals surface area contributed by atoms with Crippen LogP contribution >= 0.6 is 35.3 Å². The lowest BCUT2D eigenvalue weighted by molar-refractivity contribution is -0.154. The Morgan fingerprint density at radius 3 is 0.559 bits per heavy atom. The van der Waals surface area contributed by atoms with E-state index in [1.807, 2.05) is 0 Å². The quantitative estimate of drug-likeness (QED) is 0.0336. The molecule has 0 spiro atoms. The van der Waals surface area contributed by atoms with Crippen molar-refractivity contribution in [1.82, 2.24) is 13.7 Å². The fourth-order valence-electron chi connectivity index (χ4n) is 12.4. The molecule has 0 amide bonds. The van der Waals surface area contributed by atoms with E-state index in [2.05, 4.69) is 20.8 Å². The van der Waals surface area contributed by atoms with Crippen LogP contribution in [0, 0.1) is 0 Å². The first-order valence-corrected chi connectivity index (χ1v) is 44.9. The molecular weight excluding hydrogens is 1350 g/mol. The van der Waals surface area contributed by atoms with Gasteiger partial charge in [-0.2, -0.15) is 35.3 Å². The van der Waals surface area contributed by atoms with Gasteiger partial charge in [0.05, 0.1) is 58.3 Å². The Balaban J connectivity index is 2.69. The van der Waals surface area contributed by atoms with E-state index < -0.39 is 53.7 Å². The van der Waals surface area contributed by atoms with Crippen LogP contribution in [-0.4, -0.2) is 104 Å². The number of unbranched alkanes of at least 4 members (excludes halogenated alkanes) is 45. The van der Waals surface area contributed by atoms with Crippen LogP contribution in [0.15, 0.2) is 14.4 Å². The zero-order chi connectivity index (χ0) is 74.6. The van der Waals surface area contributed by atoms with Gasteiger partial charge in [0.15, 0.2) is 18.7 Å². The van der Waals surface area contributed by atoms with E-state index >= 15 is 0 Å². The zero-order valence-corrected chi connectivity index (χ0v) is 67.9. The normalized spacial score (nSPS) is 12.3. The molecule has 0 fully saturated rings. The minimum atomic E-state index is -1.57. The molecule has 0 aliphatic rings. The predicted molar refractivity (Wildman–Crippen MR) is 423 cm³/mol. The maximum atomic E-state index is 14.2. The maximum absolute atomic E-state index is 14.2. The van der Waals surface area contributed by atoms with E-state index in [1.54, 1.807) is 0 Å². The Hall–Kier alpha value is -3.72. The van der Waals surface area contributed by atoms with Crippen LogP contribution in [0.4, 0.5) is 0 Å². The first kappa shape index (κ1) is 96.3. The van der Waals surface area contributed by atoms with Gasteiger partial charge in [0, 0.05) is 34.5 Å². The van der Waals surface area contributed by atoms with Crippen LogP contribution in [0.25, 0.3) is 0 Å². The SMILES string of the molecule is CCCCCCCCCCCCCCCCCCOC(=O)CCSCCC(=O)OC(C)n1c(=O)n(C(C)OC(=O)CCSCCC(=O)OCCCCCCCCCCCCCCCCCC)c(=O)n(C(C)OC(=O)CCSCCC(=O)OCCCCCCCCCCCCCCCCCC)c1=O. The molecule has 0 bridgehead atoms. The molecule has 1 aromatic heterocycles. The highest BCUT2D eigenvalue weighted by molar-refractivity contribution is 7.99. The molecule has 0 aromatic carbocycles. The van der Waals surface area contributed by atoms with Gasteiger partial charge in [-0.3, -0.25) is 28.8 Å². The highest BCUT2D eigenvalue weighted by Crippen LogP contribution is 2.20. The third-order valence-corrected chi connectivity index (χ3v) is 21.7. The number of hydrogen-bond donors (Lipinski definition) is 0. The summed E-state index contributed by atoms with van der Waals surface area (Å²) in [6.07, 6.45) is 56.0. The Morgan fingerprint density at radius 1 is 0.245 bits per heavy atom. The Morgan fingerprint density at radius 2 is 0.392 bits per heavy atom. The predicted octanol–water partition coefficient (Wildman–Crippen LogP) is 21.3. The third kappa shape index (κ3) is 55.7. The van der Waals surface area contributed by atoms with Gasteiger partial charge < -0.3 is 28.4 Å². The number of esters is 6. The van der Waals surface area contributed by atoms with Crippen molar-refractivity contribution in [1.29, 1.82) is 0 Å². The molecule has 1 rings (SSSR count). The molecule has 21 heteroatoms. The molecule has 18 nitrogen and oxygen atoms in total. The molecule has 0 radical (unpaired) electrons. The summed E-state index contributed by atoms with van der Waals surface area (Å²) in [4.78, 5) is 119. The molecule has 0 aliphatic carbocycles. The Bertz CT molecular complexity index is 2130. The van der Waals surface area contributed by atoms with Gasteiger partial charge >= 0.3 is 52.9 Å². The lowest BCUT2D eigenvalue weighted by Crippen LogP contribution is -2.57. The second kappa shape index (κ2) is 70.3. The van der Waals surface area contributed by atoms with Crippen LogP contribution in [0.5, 0.6) is 0 Å². The van der Waals surface area contributed by atoms with Gasteiger partial charge in [-0.25, -0.2) is 28.1 Å². The van der Waals surface area contributed by atoms with Crippen molar-refractivity contribution >= 4 is 71.1 Å². The summed E-state index contributed by atoms with van der Waals surface area (Å²) >= 11 is 4.04. The average Bonchev–Trinajstić information content (AvgIpc) is 0.762. The molecule has 102 heavy (non-hydrogen) atoms. The molecular formula is C81H147N3O15S3. The fourth-order valence-corrected chi connectivity index (χ4v) is 14.9. The summed E-state index contributed by atoms with van der Waals surface area (Å²) in [5.41, 5.74) is -3.71. The molecule has 0 aliphatic heterocycles. The lowest BCUT2D eigenvalue weighted by atomic mass is 10.0. The summed E-state index contributed by atoms with van der Waals surface area (Å²) in [5, 5.41) is 0. The van der Waals surface area contributed by atoms with Gasteiger partial charge in [-0.1, -0.05) is 310 Å². The molecule has 1 aromatic rings. The number of carbonyl (C=O) groups is 6. The van der Waals surface area contributed by atoms with Gasteiger partial charge in [0.25, 0.3) is 0 Å². The van der Waals surface area contributed by atoms with Crippen molar-refractivity contribution in [2.75, 3.05) is 54.3 Å². The summed E-state index contributed by atoms with van der Waals surface area (Å²) < 4.78 is 34.6. The molecule has 3 unspecified atom stereocenters. The van der Waals surface area contributed by atoms with Crippen LogP contribution < -0.4 is 17.1 Å². The van der Waals surface area contributed by atoms with Crippen LogP contribution in [0.3, 0.4) is 0 Å². The van der Waals surface area contributed by atoms with E-state index in [0.717, 1.165) is 57.8 Å². The Kier molecular flexibility index (Phi) is 66.3. The van der Waals surface area contributed by atoms with Crippen molar-refractivity contribution in [2.24, 2.45) is 0 Å². The van der Waals surface area contributed by atoms with Crippen molar-refractivity contribution in [3.8, 4) is 0 Å². The van der Waals surface area contributed by atoms with Gasteiger partial charge in [0.1, 0.15) is 0 Å². The van der Waals surface area contributed by atoms with Crippen LogP contribution in [0.1, 0.15) is 407 Å². The third-order valence-electron chi connectivity index (χ3n) is 18.7. The molecule has 0 saturated carbocycles. The summed E-state index contributed by atoms with van der Waals surface area (Å²) in [5.74, 6) is -1.21. The number of hydrogen-bond acceptors (Lipinski definition) is 18. The molecule has 594 valence electrons. The van der Waals surface area contributed by atoms with Crippen molar-refractivity contribution in [3.05, 3.63) is 31.5 Å². The van der Waals surface area contributed by atoms with Crippen LogP contribution in [0.2, 0.25) is 0 Å². The van der Waals surface area contributed by atoms with E-state index in [9.17, 15) is 43.2 Å². The summed E-state index contributed by atoms with van der Waals surface area (Å²) in [7, 11) is 0. The number of aromatic nitrogens is 3. The van der Waals surface area contributed by atoms with Gasteiger partial charge in [0.2, 0.25) is 0 Å². The number of ether oxygens (including phenoxy) is 6. The summed E-state index contributed by atoms with van der Waals surface area (Å²) in [6, 6.07) is 0. The largest absolute Gasteiger partial charge is 0.466 e. The molecule has 3 atom stereocenters. The minimum absolute atomic E-state index is 0.134. The number of thioether (sulfide) groups is 3. The van der Waals surface area contributed by atoms with Crippen molar-refractivity contribution < 1.29 is 57.2 Å². The second-order valence-corrected chi connectivity index (χ2v) is 31.8. The summed E-state index contributed by atoms with van der Waals surface area (Å²) in [6.45, 7) is 11.7. The van der Waals surface area contributed by atoms with Crippen LogP contribution in [-0.2, 0) is 57.2 Å². The smallest absolute Gasteiger partial charge is 0.342 e. The van der Waals surface area contributed by atoms with E-state index in [-0.39, 0.29) is 73.7 Å². The lowest BCUT2D eigenvalue weighted by Gasteiger charge is -2.23. The van der Waals surface area contributed by atoms with Crippen molar-refractivity contribution in [2.45, 2.75) is 407 Å². The maximum Gasteiger partial charge on any atom is 0.342 e. The standard InChI is InChI=1S/C81H147N3O15S3/c1-7-10-13-16-19-22-25-28-31-34-37-40-43-46-49-52-61-94-73(85)55-64-100-67-58-76(88)97-70(4)82-79(91)83(71(5)98-77(89)59-68-101-65-56-74(86)95-62-53-50-47-44-41-38-35-32-29-26-23-20-17-14-11-8-2)81(93)84(80(82)92)72(6)99-78(90)60-69-102-66-57-75(87)96-63-54-51-48-45-42-39-36-33-30-27-24-21-18-15-12-9-3/h70-72H,7-69H2,1-6H3. The minimum Gasteiger partial charge on any atom is -0.466 e. The number of carbonyl (C=O) groups excluding carboxylic acids is 6. The first-order valence-electron chi connectivity index (χ1n) is 41.5. The van der Waals surface area contributed by atoms with E-state index in [0.29, 0.717) is 50.8 Å². The highest BCUT2D eigenvalue weighted by atomic mass is 32.2. The monoisotopic (exact) mass is 1500 g/mol. The van der Waals surface area contributed by atoms with E-state index in [4.69, 9.17) is 28.4 Å². The number of rotatable bonds is 75.